The fourth-order valence-corrected chi connectivity index (χ4v) is 7.69. The maximum atomic E-state index is 11.0. The summed E-state index contributed by atoms with van der Waals surface area (Å²) in [6.07, 6.45) is 3.03. The lowest BCUT2D eigenvalue weighted by Gasteiger charge is -2.35. The number of hydrogen-bond donors (Lipinski definition) is 0. The second-order valence-corrected chi connectivity index (χ2v) is 17.2. The van der Waals surface area contributed by atoms with Crippen molar-refractivity contribution in [2.24, 2.45) is 0 Å². The normalized spacial score (nSPS) is 12.3. The Morgan fingerprint density at radius 3 is 1.96 bits per heavy atom. The second-order valence-electron chi connectivity index (χ2n) is 6.86. The molecule has 0 bridgehead atoms. The van der Waals surface area contributed by atoms with E-state index in [0.29, 0.717) is 6.61 Å². The molecule has 0 heterocycles. The Kier molecular flexibility index (Phi) is 10.6. The zero-order chi connectivity index (χ0) is 18.8. The first-order valence-electron chi connectivity index (χ1n) is 8.31. The van der Waals surface area contributed by atoms with E-state index in [1.807, 2.05) is 11.4 Å². The van der Waals surface area contributed by atoms with E-state index >= 15 is 0 Å². The van der Waals surface area contributed by atoms with Gasteiger partial charge in [0.25, 0.3) is 0 Å². The van der Waals surface area contributed by atoms with E-state index in [4.69, 9.17) is 13.6 Å². The molecule has 0 amide bonds. The molecule has 1 radical (unpaired) electrons. The molecule has 0 aromatic carbocycles. The lowest BCUT2D eigenvalue weighted by Crippen LogP contribution is -2.47. The van der Waals surface area contributed by atoms with Crippen LogP contribution in [0.5, 0.6) is 0 Å². The third kappa shape index (κ3) is 10.2. The fourth-order valence-electron chi connectivity index (χ4n) is 1.73. The van der Waals surface area contributed by atoms with E-state index in [-0.39, 0.29) is 11.9 Å². The minimum absolute atomic E-state index is 0.148. The summed E-state index contributed by atoms with van der Waals surface area (Å²) in [6, 6.07) is 1.05. The van der Waals surface area contributed by atoms with Gasteiger partial charge < -0.3 is 13.6 Å². The minimum atomic E-state index is -1.92. The van der Waals surface area contributed by atoms with Gasteiger partial charge in [0.2, 0.25) is 16.6 Å². The third-order valence-electron chi connectivity index (χ3n) is 3.58. The van der Waals surface area contributed by atoms with Crippen molar-refractivity contribution < 1.29 is 18.4 Å². The molecule has 4 nitrogen and oxygen atoms in total. The predicted octanol–water partition coefficient (Wildman–Crippen LogP) is 4.38. The average Bonchev–Trinajstić information content (AvgIpc) is 2.53. The van der Waals surface area contributed by atoms with Gasteiger partial charge in [-0.15, -0.1) is 13.2 Å². The van der Waals surface area contributed by atoms with Crippen molar-refractivity contribution in [3.8, 4) is 0 Å². The van der Waals surface area contributed by atoms with Gasteiger partial charge in [-0.05, 0) is 32.6 Å². The molecule has 0 saturated carbocycles. The van der Waals surface area contributed by atoms with Crippen LogP contribution < -0.4 is 0 Å². The van der Waals surface area contributed by atoms with E-state index < -0.39 is 25.4 Å². The van der Waals surface area contributed by atoms with Crippen LogP contribution in [0.25, 0.3) is 0 Å². The van der Waals surface area contributed by atoms with Gasteiger partial charge in [0.1, 0.15) is 14.7 Å². The van der Waals surface area contributed by atoms with Crippen LogP contribution in [0.1, 0.15) is 12.8 Å². The van der Waals surface area contributed by atoms with E-state index in [1.165, 1.54) is 6.08 Å². The van der Waals surface area contributed by atoms with Crippen molar-refractivity contribution in [2.75, 3.05) is 6.61 Å². The number of esters is 1. The highest BCUT2D eigenvalue weighted by atomic mass is 28.4. The van der Waals surface area contributed by atoms with Gasteiger partial charge in [-0.25, -0.2) is 4.79 Å². The van der Waals surface area contributed by atoms with Crippen LogP contribution in [0.2, 0.25) is 38.8 Å². The zero-order valence-electron chi connectivity index (χ0n) is 15.9. The maximum absolute atomic E-state index is 11.0. The van der Waals surface area contributed by atoms with Crippen LogP contribution in [0, 0.1) is 0 Å². The van der Waals surface area contributed by atoms with E-state index in [9.17, 15) is 4.79 Å². The molecule has 137 valence electrons. The Morgan fingerprint density at radius 2 is 1.54 bits per heavy atom. The molecule has 0 aliphatic heterocycles. The van der Waals surface area contributed by atoms with Gasteiger partial charge in [-0.3, -0.25) is 0 Å². The summed E-state index contributed by atoms with van der Waals surface area (Å²) in [5.41, 5.74) is 3.88. The molecule has 7 heteroatoms. The van der Waals surface area contributed by atoms with Gasteiger partial charge in [0.05, 0.1) is 6.61 Å². The van der Waals surface area contributed by atoms with Gasteiger partial charge >= 0.3 is 5.97 Å². The Hall–Kier alpha value is -0.739. The largest absolute Gasteiger partial charge is 0.463 e. The summed E-state index contributed by atoms with van der Waals surface area (Å²) in [4.78, 5) is 11.0. The summed E-state index contributed by atoms with van der Waals surface area (Å²) >= 11 is 0. The Balaban J connectivity index is 4.59. The summed E-state index contributed by atoms with van der Waals surface area (Å²) in [7, 11) is -4.69. The van der Waals surface area contributed by atoms with Crippen LogP contribution >= 0.6 is 0 Å². The molecular formula is C17H33O4Si3. The van der Waals surface area contributed by atoms with Gasteiger partial charge in [0, 0.05) is 6.08 Å². The molecule has 0 atom stereocenters. The van der Waals surface area contributed by atoms with E-state index in [2.05, 4.69) is 52.5 Å². The predicted molar refractivity (Wildman–Crippen MR) is 108 cm³/mol. The standard InChI is InChI=1S/C17H33O4Si3/c1-9-16(18)19-14-12-13-15-22(4)17(20-23(5,6)10-2)21-24(7,8)11-3/h9-11,17H,1-3,12-15H2,4-8H3. The molecule has 24 heavy (non-hydrogen) atoms. The molecule has 0 fully saturated rings. The lowest BCUT2D eigenvalue weighted by molar-refractivity contribution is -0.137. The molecule has 0 saturated heterocycles. The lowest BCUT2D eigenvalue weighted by atomic mass is 10.4. The topological polar surface area (TPSA) is 44.8 Å². The summed E-state index contributed by atoms with van der Waals surface area (Å²) in [6.45, 7) is 22.4. The van der Waals surface area contributed by atoms with Crippen LogP contribution in [0.15, 0.2) is 37.2 Å². The number of ether oxygens (including phenoxy) is 1. The molecule has 0 spiro atoms. The van der Waals surface area contributed by atoms with E-state index in [1.54, 1.807) is 0 Å². The van der Waals surface area contributed by atoms with Crippen molar-refractivity contribution in [1.82, 2.24) is 0 Å². The fraction of sp³-hybridized carbons (Fsp3) is 0.588. The molecule has 0 aliphatic carbocycles. The highest BCUT2D eigenvalue weighted by molar-refractivity contribution is 6.78. The van der Waals surface area contributed by atoms with Crippen molar-refractivity contribution in [2.45, 2.75) is 57.5 Å². The van der Waals surface area contributed by atoms with E-state index in [0.717, 1.165) is 18.9 Å². The Morgan fingerprint density at radius 1 is 1.04 bits per heavy atom. The quantitative estimate of drug-likeness (QED) is 0.155. The summed E-state index contributed by atoms with van der Waals surface area (Å²) in [5.74, 6) is -0.510. The van der Waals surface area contributed by atoms with Crippen LogP contribution in [0.3, 0.4) is 0 Å². The number of carbonyl (C=O) groups excluding carboxylic acids is 1. The Bertz CT molecular complexity index is 414. The third-order valence-corrected chi connectivity index (χ3v) is 9.85. The molecule has 0 aromatic heterocycles. The highest BCUT2D eigenvalue weighted by Crippen LogP contribution is 2.20. The SMILES string of the molecule is C=CC(=O)OCCCC[Si](C)C(O[Si](C)(C)C=C)O[Si](C)(C)C=C. The Labute approximate surface area is 151 Å². The minimum Gasteiger partial charge on any atom is -0.463 e. The summed E-state index contributed by atoms with van der Waals surface area (Å²) < 4.78 is 17.7. The first-order valence-corrected chi connectivity index (χ1v) is 16.6. The van der Waals surface area contributed by atoms with Crippen LogP contribution in [-0.4, -0.2) is 43.9 Å². The highest BCUT2D eigenvalue weighted by Gasteiger charge is 2.33. The first kappa shape index (κ1) is 23.3. The second kappa shape index (κ2) is 11.0. The summed E-state index contributed by atoms with van der Waals surface area (Å²) in [5, 5.41) is 0. The van der Waals surface area contributed by atoms with Gasteiger partial charge in [0.15, 0.2) is 0 Å². The number of hydrogen-bond acceptors (Lipinski definition) is 4. The zero-order valence-corrected chi connectivity index (χ0v) is 18.9. The van der Waals surface area contributed by atoms with Crippen LogP contribution in [-0.2, 0) is 18.4 Å². The van der Waals surface area contributed by atoms with Gasteiger partial charge in [-0.2, -0.15) is 0 Å². The van der Waals surface area contributed by atoms with Gasteiger partial charge in [-0.1, -0.05) is 37.0 Å². The van der Waals surface area contributed by atoms with Crippen molar-refractivity contribution in [3.05, 3.63) is 37.2 Å². The molecule has 0 unspecified atom stereocenters. The average molecular weight is 386 g/mol. The van der Waals surface area contributed by atoms with Crippen molar-refractivity contribution in [3.63, 3.8) is 0 Å². The molecule has 0 aromatic rings. The van der Waals surface area contributed by atoms with Crippen molar-refractivity contribution >= 4 is 31.4 Å². The molecule has 0 aliphatic rings. The monoisotopic (exact) mass is 385 g/mol. The number of rotatable bonds is 13. The number of unbranched alkanes of at least 4 members (excludes halogenated alkanes) is 1. The molecular weight excluding hydrogens is 352 g/mol. The van der Waals surface area contributed by atoms with Crippen LogP contribution in [0.4, 0.5) is 0 Å². The number of carbonyl (C=O) groups is 1. The van der Waals surface area contributed by atoms with Crippen molar-refractivity contribution in [1.29, 1.82) is 0 Å². The molecule has 0 rings (SSSR count). The molecule has 0 N–H and O–H groups in total. The maximum Gasteiger partial charge on any atom is 0.330 e. The smallest absolute Gasteiger partial charge is 0.330 e. The first-order chi connectivity index (χ1) is 11.1.